The van der Waals surface area contributed by atoms with Gasteiger partial charge in [-0.3, -0.25) is 4.40 Å². The van der Waals surface area contributed by atoms with Gasteiger partial charge < -0.3 is 5.32 Å². The molecule has 0 radical (unpaired) electrons. The highest BCUT2D eigenvalue weighted by molar-refractivity contribution is 9.10. The highest BCUT2D eigenvalue weighted by Crippen LogP contribution is 2.15. The molecule has 2 heterocycles. The standard InChI is InChI=1S/C13H12BrN5/c1-9-17-18-13-12(15-6-7-19(9)13)16-8-10-2-4-11(14)5-3-10/h2-7H,8H2,1H3,(H,15,16). The lowest BCUT2D eigenvalue weighted by atomic mass is 10.2. The monoisotopic (exact) mass is 317 g/mol. The molecule has 0 amide bonds. The minimum atomic E-state index is 0.700. The zero-order valence-electron chi connectivity index (χ0n) is 10.3. The Morgan fingerprint density at radius 3 is 2.79 bits per heavy atom. The number of aromatic nitrogens is 4. The van der Waals surface area contributed by atoms with Crippen LogP contribution >= 0.6 is 15.9 Å². The third-order valence-electron chi connectivity index (χ3n) is 2.87. The Morgan fingerprint density at radius 1 is 1.21 bits per heavy atom. The molecule has 0 saturated carbocycles. The Labute approximate surface area is 118 Å². The lowest BCUT2D eigenvalue weighted by molar-refractivity contribution is 1.000. The fourth-order valence-corrected chi connectivity index (χ4v) is 2.12. The lowest BCUT2D eigenvalue weighted by Crippen LogP contribution is -2.03. The van der Waals surface area contributed by atoms with E-state index in [0.717, 1.165) is 21.8 Å². The third kappa shape index (κ3) is 2.44. The first kappa shape index (κ1) is 12.1. The molecule has 3 aromatic rings. The second kappa shape index (κ2) is 4.97. The van der Waals surface area contributed by atoms with E-state index in [1.54, 1.807) is 6.20 Å². The maximum absolute atomic E-state index is 4.31. The summed E-state index contributed by atoms with van der Waals surface area (Å²) < 4.78 is 2.99. The van der Waals surface area contributed by atoms with Crippen molar-refractivity contribution in [1.29, 1.82) is 0 Å². The zero-order chi connectivity index (χ0) is 13.2. The predicted octanol–water partition coefficient (Wildman–Crippen LogP) is 2.81. The second-order valence-corrected chi connectivity index (χ2v) is 5.11. The maximum atomic E-state index is 4.31. The van der Waals surface area contributed by atoms with Gasteiger partial charge in [-0.1, -0.05) is 28.1 Å². The van der Waals surface area contributed by atoms with Crippen LogP contribution in [0.25, 0.3) is 5.65 Å². The number of fused-ring (bicyclic) bond motifs is 1. The van der Waals surface area contributed by atoms with Crippen LogP contribution in [0, 0.1) is 6.92 Å². The second-order valence-electron chi connectivity index (χ2n) is 4.20. The predicted molar refractivity (Wildman–Crippen MR) is 77.0 cm³/mol. The fraction of sp³-hybridized carbons (Fsp3) is 0.154. The molecule has 2 aromatic heterocycles. The number of benzene rings is 1. The number of aryl methyl sites for hydroxylation is 1. The summed E-state index contributed by atoms with van der Waals surface area (Å²) in [5.41, 5.74) is 1.93. The molecule has 6 heteroatoms. The summed E-state index contributed by atoms with van der Waals surface area (Å²) in [6.07, 6.45) is 3.60. The van der Waals surface area contributed by atoms with Gasteiger partial charge in [-0.25, -0.2) is 4.98 Å². The number of nitrogens with one attached hydrogen (secondary N) is 1. The van der Waals surface area contributed by atoms with Crippen molar-refractivity contribution in [1.82, 2.24) is 19.6 Å². The molecule has 19 heavy (non-hydrogen) atoms. The number of anilines is 1. The summed E-state index contributed by atoms with van der Waals surface area (Å²) in [6, 6.07) is 8.16. The SMILES string of the molecule is Cc1nnc2c(NCc3ccc(Br)cc3)nccn12. The van der Waals surface area contributed by atoms with E-state index < -0.39 is 0 Å². The van der Waals surface area contributed by atoms with Gasteiger partial charge in [-0.2, -0.15) is 0 Å². The van der Waals surface area contributed by atoms with Crippen LogP contribution in [0.4, 0.5) is 5.82 Å². The zero-order valence-corrected chi connectivity index (χ0v) is 11.9. The minimum Gasteiger partial charge on any atom is -0.363 e. The average molecular weight is 318 g/mol. The van der Waals surface area contributed by atoms with Gasteiger partial charge in [0.1, 0.15) is 5.82 Å². The van der Waals surface area contributed by atoms with Crippen molar-refractivity contribution in [3.05, 3.63) is 52.5 Å². The number of rotatable bonds is 3. The molecule has 0 spiro atoms. The highest BCUT2D eigenvalue weighted by atomic mass is 79.9. The molecular weight excluding hydrogens is 306 g/mol. The van der Waals surface area contributed by atoms with E-state index in [1.165, 1.54) is 5.56 Å². The number of hydrogen-bond donors (Lipinski definition) is 1. The van der Waals surface area contributed by atoms with Gasteiger partial charge in [-0.05, 0) is 24.6 Å². The smallest absolute Gasteiger partial charge is 0.203 e. The van der Waals surface area contributed by atoms with Crippen LogP contribution in [0.15, 0.2) is 41.1 Å². The lowest BCUT2D eigenvalue weighted by Gasteiger charge is -2.06. The van der Waals surface area contributed by atoms with Crippen LogP contribution in [-0.2, 0) is 6.54 Å². The molecule has 0 bridgehead atoms. The summed E-state index contributed by atoms with van der Waals surface area (Å²) in [6.45, 7) is 2.62. The molecule has 0 saturated heterocycles. The molecule has 96 valence electrons. The van der Waals surface area contributed by atoms with Gasteiger partial charge in [0.05, 0.1) is 0 Å². The molecule has 0 aliphatic heterocycles. The van der Waals surface area contributed by atoms with Gasteiger partial charge in [-0.15, -0.1) is 10.2 Å². The summed E-state index contributed by atoms with van der Waals surface area (Å²) in [5.74, 6) is 1.59. The molecule has 5 nitrogen and oxygen atoms in total. The molecule has 0 unspecified atom stereocenters. The van der Waals surface area contributed by atoms with Crippen LogP contribution in [0.2, 0.25) is 0 Å². The number of nitrogens with zero attached hydrogens (tertiary/aromatic N) is 4. The molecule has 0 atom stereocenters. The molecule has 1 N–H and O–H groups in total. The van der Waals surface area contributed by atoms with E-state index in [4.69, 9.17) is 0 Å². The van der Waals surface area contributed by atoms with Gasteiger partial charge in [0.2, 0.25) is 5.65 Å². The van der Waals surface area contributed by atoms with Gasteiger partial charge >= 0.3 is 0 Å². The van der Waals surface area contributed by atoms with Crippen LogP contribution in [0.3, 0.4) is 0 Å². The van der Waals surface area contributed by atoms with Gasteiger partial charge in [0, 0.05) is 23.4 Å². The van der Waals surface area contributed by atoms with Crippen LogP contribution in [0.1, 0.15) is 11.4 Å². The average Bonchev–Trinajstić information content (AvgIpc) is 2.81. The minimum absolute atomic E-state index is 0.700. The largest absolute Gasteiger partial charge is 0.363 e. The van der Waals surface area contributed by atoms with Gasteiger partial charge in [0.25, 0.3) is 0 Å². The van der Waals surface area contributed by atoms with Crippen molar-refractivity contribution in [2.45, 2.75) is 13.5 Å². The third-order valence-corrected chi connectivity index (χ3v) is 3.40. The van der Waals surface area contributed by atoms with E-state index in [-0.39, 0.29) is 0 Å². The Balaban J connectivity index is 1.83. The Morgan fingerprint density at radius 2 is 2.00 bits per heavy atom. The molecule has 1 aromatic carbocycles. The van der Waals surface area contributed by atoms with E-state index in [2.05, 4.69) is 48.6 Å². The molecular formula is C13H12BrN5. The first-order valence-electron chi connectivity index (χ1n) is 5.89. The summed E-state index contributed by atoms with van der Waals surface area (Å²) in [4.78, 5) is 4.31. The number of halogens is 1. The Kier molecular flexibility index (Phi) is 3.16. The quantitative estimate of drug-likeness (QED) is 0.807. The molecule has 0 fully saturated rings. The topological polar surface area (TPSA) is 55.1 Å². The van der Waals surface area contributed by atoms with Gasteiger partial charge in [0.15, 0.2) is 5.82 Å². The first-order valence-corrected chi connectivity index (χ1v) is 6.68. The summed E-state index contributed by atoms with van der Waals surface area (Å²) in [7, 11) is 0. The molecule has 0 aliphatic carbocycles. The number of hydrogen-bond acceptors (Lipinski definition) is 4. The van der Waals surface area contributed by atoms with E-state index in [1.807, 2.05) is 29.7 Å². The first-order chi connectivity index (χ1) is 9.24. The van der Waals surface area contributed by atoms with Crippen molar-refractivity contribution >= 4 is 27.4 Å². The summed E-state index contributed by atoms with van der Waals surface area (Å²) in [5, 5.41) is 11.5. The van der Waals surface area contributed by atoms with Crippen LogP contribution in [0.5, 0.6) is 0 Å². The Bertz CT molecular complexity index is 705. The van der Waals surface area contributed by atoms with Crippen LogP contribution < -0.4 is 5.32 Å². The summed E-state index contributed by atoms with van der Waals surface area (Å²) >= 11 is 3.42. The van der Waals surface area contributed by atoms with Crippen molar-refractivity contribution in [2.24, 2.45) is 0 Å². The van der Waals surface area contributed by atoms with Crippen molar-refractivity contribution in [3.63, 3.8) is 0 Å². The molecule has 3 rings (SSSR count). The molecule has 0 aliphatic rings. The normalized spacial score (nSPS) is 10.8. The van der Waals surface area contributed by atoms with Crippen molar-refractivity contribution in [3.8, 4) is 0 Å². The van der Waals surface area contributed by atoms with E-state index in [0.29, 0.717) is 6.54 Å². The fourth-order valence-electron chi connectivity index (χ4n) is 1.85. The van der Waals surface area contributed by atoms with E-state index >= 15 is 0 Å². The highest BCUT2D eigenvalue weighted by Gasteiger charge is 2.06. The van der Waals surface area contributed by atoms with Crippen LogP contribution in [-0.4, -0.2) is 19.6 Å². The van der Waals surface area contributed by atoms with Crippen molar-refractivity contribution < 1.29 is 0 Å². The maximum Gasteiger partial charge on any atom is 0.203 e. The van der Waals surface area contributed by atoms with E-state index in [9.17, 15) is 0 Å². The van der Waals surface area contributed by atoms with Crippen molar-refractivity contribution in [2.75, 3.05) is 5.32 Å². The Hall–Kier alpha value is -1.95.